The van der Waals surface area contributed by atoms with Gasteiger partial charge in [0.05, 0.1) is 0 Å². The van der Waals surface area contributed by atoms with Gasteiger partial charge in [-0.05, 0) is 32.3 Å². The van der Waals surface area contributed by atoms with Crippen molar-refractivity contribution >= 4 is 10.2 Å². The second-order valence-electron chi connectivity index (χ2n) is 3.34. The zero-order valence-corrected chi connectivity index (χ0v) is 14.8. The number of hydrogen-bond acceptors (Lipinski definition) is 0. The second-order valence-corrected chi connectivity index (χ2v) is 4.42. The zero-order valence-electron chi connectivity index (χ0n) is 8.83. The zero-order chi connectivity index (χ0) is 7.89. The second kappa shape index (κ2) is 7.45. The summed E-state index contributed by atoms with van der Waals surface area (Å²) in [6.45, 7) is 9.07. The Morgan fingerprint density at radius 1 is 1.00 bits per heavy atom. The third kappa shape index (κ3) is 3.66. The van der Waals surface area contributed by atoms with Gasteiger partial charge in [-0.1, -0.05) is 23.3 Å². The molecule has 4 heteroatoms. The minimum atomic E-state index is 0. The van der Waals surface area contributed by atoms with Crippen LogP contribution >= 0.6 is 0 Å². The van der Waals surface area contributed by atoms with Crippen molar-refractivity contribution in [3.63, 3.8) is 0 Å². The molecule has 1 aliphatic carbocycles. The number of halogens is 2. The maximum atomic E-state index is 2.32. The number of hydrogen-bond donors (Lipinski definition) is 0. The van der Waals surface area contributed by atoms with Crippen molar-refractivity contribution in [2.45, 2.75) is 27.7 Å². The summed E-state index contributed by atoms with van der Waals surface area (Å²) in [4.78, 5) is 0. The van der Waals surface area contributed by atoms with Crippen LogP contribution in [-0.2, 0) is 26.2 Å². The van der Waals surface area contributed by atoms with Crippen molar-refractivity contribution in [3.05, 3.63) is 21.9 Å². The smallest absolute Gasteiger partial charge is 1.00 e. The fourth-order valence-corrected chi connectivity index (χ4v) is 2.37. The van der Waals surface area contributed by atoms with Gasteiger partial charge in [0, 0.05) is 10.2 Å². The molecule has 74 valence electrons. The Labute approximate surface area is 116 Å². The summed E-state index contributed by atoms with van der Waals surface area (Å²) in [6.07, 6.45) is 0. The van der Waals surface area contributed by atoms with E-state index in [1.165, 1.54) is 15.8 Å². The largest absolute Gasteiger partial charge is 2.00 e. The Morgan fingerprint density at radius 2 is 1.38 bits per heavy atom. The molecule has 0 saturated heterocycles. The molecular formula is C9H16Cl2SiZr. The van der Waals surface area contributed by atoms with Crippen LogP contribution in [0.5, 0.6) is 0 Å². The van der Waals surface area contributed by atoms with Crippen LogP contribution in [0.25, 0.3) is 0 Å². The van der Waals surface area contributed by atoms with E-state index in [4.69, 9.17) is 0 Å². The molecule has 0 spiro atoms. The van der Waals surface area contributed by atoms with Gasteiger partial charge in [-0.25, -0.2) is 0 Å². The monoisotopic (exact) mass is 312 g/mol. The molecule has 0 aromatic carbocycles. The van der Waals surface area contributed by atoms with Crippen molar-refractivity contribution in [1.29, 1.82) is 0 Å². The van der Waals surface area contributed by atoms with E-state index in [0.717, 1.165) is 5.92 Å². The molecule has 0 aromatic rings. The average molecular weight is 314 g/mol. The molecule has 0 heterocycles. The minimum Gasteiger partial charge on any atom is -1.00 e. The van der Waals surface area contributed by atoms with Gasteiger partial charge in [0.25, 0.3) is 0 Å². The molecule has 0 saturated carbocycles. The minimum absolute atomic E-state index is 0. The maximum Gasteiger partial charge on any atom is 2.00 e. The van der Waals surface area contributed by atoms with Crippen LogP contribution in [0.3, 0.4) is 0 Å². The SMILES string of the molecule is CC1=C(C)C(C)C([SiH3])=C1C.[Cl-].[Cl-].[Zr+2]. The van der Waals surface area contributed by atoms with Gasteiger partial charge < -0.3 is 24.8 Å². The molecule has 0 amide bonds. The first-order valence-electron chi connectivity index (χ1n) is 3.90. The molecule has 0 bridgehead atoms. The van der Waals surface area contributed by atoms with Crippen molar-refractivity contribution in [3.8, 4) is 0 Å². The predicted molar refractivity (Wildman–Crippen MR) is 50.2 cm³/mol. The molecule has 1 atom stereocenters. The maximum absolute atomic E-state index is 2.32. The Bertz CT molecular complexity index is 210. The summed E-state index contributed by atoms with van der Waals surface area (Å²) in [5, 5.41) is 1.69. The normalized spacial score (nSPS) is 20.8. The molecule has 0 aromatic heterocycles. The van der Waals surface area contributed by atoms with Gasteiger partial charge in [0.15, 0.2) is 0 Å². The molecule has 1 rings (SSSR count). The van der Waals surface area contributed by atoms with Crippen LogP contribution in [0, 0.1) is 5.92 Å². The van der Waals surface area contributed by atoms with E-state index in [9.17, 15) is 0 Å². The Kier molecular flexibility index (Phi) is 11.3. The van der Waals surface area contributed by atoms with Gasteiger partial charge in [0.2, 0.25) is 0 Å². The molecule has 0 nitrogen and oxygen atoms in total. The van der Waals surface area contributed by atoms with Crippen molar-refractivity contribution < 1.29 is 51.0 Å². The van der Waals surface area contributed by atoms with E-state index in [2.05, 4.69) is 27.7 Å². The van der Waals surface area contributed by atoms with Gasteiger partial charge in [-0.3, -0.25) is 0 Å². The van der Waals surface area contributed by atoms with Crippen LogP contribution in [0.2, 0.25) is 0 Å². The topological polar surface area (TPSA) is 0 Å². The third-order valence-electron chi connectivity index (χ3n) is 3.04. The summed E-state index contributed by atoms with van der Waals surface area (Å²) in [7, 11) is 1.23. The molecular weight excluding hydrogens is 298 g/mol. The molecule has 1 aliphatic rings. The summed E-state index contributed by atoms with van der Waals surface area (Å²) in [6, 6.07) is 0. The predicted octanol–water partition coefficient (Wildman–Crippen LogP) is -4.38. The van der Waals surface area contributed by atoms with Crippen molar-refractivity contribution in [2.75, 3.05) is 0 Å². The Balaban J connectivity index is -0.000000333. The third-order valence-corrected chi connectivity index (χ3v) is 4.66. The summed E-state index contributed by atoms with van der Waals surface area (Å²) < 4.78 is 0. The van der Waals surface area contributed by atoms with E-state index in [1.54, 1.807) is 16.3 Å². The summed E-state index contributed by atoms with van der Waals surface area (Å²) in [5.74, 6) is 0.756. The van der Waals surface area contributed by atoms with Gasteiger partial charge >= 0.3 is 26.2 Å². The van der Waals surface area contributed by atoms with Gasteiger partial charge in [-0.15, -0.1) is 0 Å². The van der Waals surface area contributed by atoms with Crippen LogP contribution in [0.4, 0.5) is 0 Å². The van der Waals surface area contributed by atoms with Crippen LogP contribution < -0.4 is 24.8 Å². The fourth-order valence-electron chi connectivity index (χ4n) is 1.57. The first kappa shape index (κ1) is 19.7. The van der Waals surface area contributed by atoms with E-state index in [-0.39, 0.29) is 51.0 Å². The molecule has 0 fully saturated rings. The van der Waals surface area contributed by atoms with Gasteiger partial charge in [-0.2, -0.15) is 0 Å². The molecule has 1 unspecified atom stereocenters. The average Bonchev–Trinajstić information content (AvgIpc) is 2.07. The summed E-state index contributed by atoms with van der Waals surface area (Å²) in [5.41, 5.74) is 4.69. The van der Waals surface area contributed by atoms with E-state index < -0.39 is 0 Å². The summed E-state index contributed by atoms with van der Waals surface area (Å²) >= 11 is 0. The number of rotatable bonds is 0. The fraction of sp³-hybridized carbons (Fsp3) is 0.556. The van der Waals surface area contributed by atoms with Crippen LogP contribution in [0.1, 0.15) is 27.7 Å². The molecule has 0 radical (unpaired) electrons. The van der Waals surface area contributed by atoms with Crippen molar-refractivity contribution in [1.82, 2.24) is 0 Å². The Morgan fingerprint density at radius 3 is 1.46 bits per heavy atom. The first-order chi connectivity index (χ1) is 4.55. The van der Waals surface area contributed by atoms with E-state index >= 15 is 0 Å². The Hall–Kier alpha value is 1.16. The van der Waals surface area contributed by atoms with E-state index in [0.29, 0.717) is 0 Å². The quantitative estimate of drug-likeness (QED) is 0.396. The van der Waals surface area contributed by atoms with Gasteiger partial charge in [0.1, 0.15) is 0 Å². The molecule has 0 aliphatic heterocycles. The standard InChI is InChI=1S/C9H16Si.2ClH.Zr/c1-5-6(2)8(4)9(10)7(5)3;;;/h7H,1-4,10H3;2*1H;/q;;;+2/p-2. The molecule has 0 N–H and O–H groups in total. The van der Waals surface area contributed by atoms with Crippen LogP contribution in [0.15, 0.2) is 21.9 Å². The van der Waals surface area contributed by atoms with E-state index in [1.807, 2.05) is 0 Å². The first-order valence-corrected chi connectivity index (χ1v) is 4.90. The van der Waals surface area contributed by atoms with Crippen molar-refractivity contribution in [2.24, 2.45) is 5.92 Å². The number of allylic oxidation sites excluding steroid dienone is 4. The van der Waals surface area contributed by atoms with Crippen LogP contribution in [-0.4, -0.2) is 10.2 Å². The molecule has 13 heavy (non-hydrogen) atoms.